The molecule has 0 N–H and O–H groups in total. The van der Waals surface area contributed by atoms with Crippen molar-refractivity contribution in [2.45, 2.75) is 0 Å². The molecule has 20 heteroatoms. The zero-order chi connectivity index (χ0) is 87.8. The molecular weight excluding hydrogens is 1580 g/mol. The van der Waals surface area contributed by atoms with Gasteiger partial charge in [-0.1, -0.05) is 194 Å². The van der Waals surface area contributed by atoms with Gasteiger partial charge in [0, 0.05) is 99.4 Å². The minimum Gasteiger partial charge on any atom is -0.309 e. The Morgan fingerprint density at radius 2 is 0.492 bits per heavy atom. The first-order valence-corrected chi connectivity index (χ1v) is 39.7. The van der Waals surface area contributed by atoms with Crippen LogP contribution in [0.1, 0.15) is 50.1 Å². The molecule has 0 saturated carbocycles. The van der Waals surface area contributed by atoms with Crippen molar-refractivity contribution in [1.82, 2.24) is 39.0 Å². The maximum absolute atomic E-state index is 10.9. The first-order chi connectivity index (χ1) is 62.9. The predicted octanol–water partition coefficient (Wildman–Crippen LogP) is 24.8. The van der Waals surface area contributed by atoms with Crippen molar-refractivity contribution in [3.05, 3.63) is 388 Å². The molecule has 0 atom stereocenters. The normalized spacial score (nSPS) is 10.7. The first-order valence-electron chi connectivity index (χ1n) is 39.7. The second-order valence-electron chi connectivity index (χ2n) is 29.7. The zero-order valence-corrected chi connectivity index (χ0v) is 66.8. The maximum Gasteiger partial charge on any atom is 0.197 e. The van der Waals surface area contributed by atoms with Crippen molar-refractivity contribution < 1.29 is 0 Å². The zero-order valence-electron chi connectivity index (χ0n) is 66.8. The lowest BCUT2D eigenvalue weighted by Gasteiger charge is -2.21. The minimum absolute atomic E-state index is 0.0753. The molecular formula is C108H50N20. The topological polar surface area (TPSA) is 314 Å². The molecule has 0 unspecified atom stereocenters. The van der Waals surface area contributed by atoms with Gasteiger partial charge in [0.25, 0.3) is 0 Å². The van der Waals surface area contributed by atoms with Crippen LogP contribution in [-0.4, -0.2) is 39.0 Å². The molecule has 0 amide bonds. The van der Waals surface area contributed by atoms with E-state index in [0.717, 1.165) is 0 Å². The van der Waals surface area contributed by atoms with Gasteiger partial charge in [-0.05, 0) is 143 Å². The van der Waals surface area contributed by atoms with Gasteiger partial charge in [-0.3, -0.25) is 0 Å². The van der Waals surface area contributed by atoms with Crippen LogP contribution in [0, 0.1) is 122 Å². The second kappa shape index (κ2) is 32.5. The van der Waals surface area contributed by atoms with Crippen LogP contribution in [0.4, 0.5) is 17.1 Å². The summed E-state index contributed by atoms with van der Waals surface area (Å²) in [5, 5.41) is 98.1. The molecule has 4 heterocycles. The fourth-order valence-electron chi connectivity index (χ4n) is 17.0. The summed E-state index contributed by atoms with van der Waals surface area (Å²) in [6, 6.07) is 112. The molecule has 0 aliphatic rings. The number of hydrogen-bond acceptors (Lipinski definition) is 15. The van der Waals surface area contributed by atoms with Crippen molar-refractivity contribution in [3.8, 4) is 201 Å². The van der Waals surface area contributed by atoms with E-state index in [1.807, 2.05) is 249 Å². The van der Waals surface area contributed by atoms with Gasteiger partial charge < -0.3 is 9.13 Å². The van der Waals surface area contributed by atoms with Crippen LogP contribution in [0.5, 0.6) is 0 Å². The van der Waals surface area contributed by atoms with Gasteiger partial charge in [0.15, 0.2) is 52.0 Å². The third-order valence-electron chi connectivity index (χ3n) is 22.5. The van der Waals surface area contributed by atoms with Crippen LogP contribution >= 0.6 is 0 Å². The maximum atomic E-state index is 10.9. The van der Waals surface area contributed by atoms with Crippen LogP contribution in [-0.2, 0) is 0 Å². The molecule has 4 aromatic heterocycles. The van der Waals surface area contributed by atoms with E-state index in [2.05, 4.69) is 84.4 Å². The Hall–Kier alpha value is -20.2. The molecule has 0 spiro atoms. The van der Waals surface area contributed by atoms with Crippen molar-refractivity contribution >= 4 is 60.7 Å². The summed E-state index contributed by atoms with van der Waals surface area (Å²) in [5.41, 5.74) is 14.2. The second-order valence-corrected chi connectivity index (χ2v) is 29.7. The van der Waals surface area contributed by atoms with Gasteiger partial charge in [0.05, 0.1) is 147 Å². The lowest BCUT2D eigenvalue weighted by molar-refractivity contribution is 1.07. The fourth-order valence-corrected chi connectivity index (χ4v) is 17.0. The summed E-state index contributed by atoms with van der Waals surface area (Å²) in [7, 11) is 0. The predicted molar refractivity (Wildman–Crippen MR) is 488 cm³/mol. The van der Waals surface area contributed by atoms with Gasteiger partial charge in [0.2, 0.25) is 0 Å². The lowest BCUT2D eigenvalue weighted by Crippen LogP contribution is -2.05. The number of fused-ring (bicyclic) bond motifs is 6. The average molecular weight is 1630 g/mol. The van der Waals surface area contributed by atoms with Gasteiger partial charge >= 0.3 is 0 Å². The van der Waals surface area contributed by atoms with E-state index in [1.54, 1.807) is 0 Å². The third kappa shape index (κ3) is 13.5. The highest BCUT2D eigenvalue weighted by Crippen LogP contribution is 2.50. The SMILES string of the molecule is [C-]#[N+]c1cc(C#N)c(-c2ccc3c(c2)c2cc(-c4c(C#N)cc(C#N)cc4[N+]#[C-])ccc2n3-c2cccc(-c3nc(-c4ccccc4)nc(-c4ccccc4)n3)c2-c2cccc(-c3c(-c4nc(-c5ccccc5)nc(-c5ccccc5)n4)cccc3-n3c4ccc(-c5c(C#N)cc(C#N)cc5C#N)cc4c4cc(-c5c(C#N)cc(C#N)cc5C#N)ccc43)c2)c([N+]#[C-])c1. The Kier molecular flexibility index (Phi) is 19.7. The van der Waals surface area contributed by atoms with Gasteiger partial charge in [-0.2, -0.15) is 47.4 Å². The number of benzene rings is 15. The summed E-state index contributed by atoms with van der Waals surface area (Å²) >= 11 is 0. The van der Waals surface area contributed by atoms with Crippen molar-refractivity contribution in [2.75, 3.05) is 0 Å². The third-order valence-corrected chi connectivity index (χ3v) is 22.5. The minimum atomic E-state index is 0.0753. The van der Waals surface area contributed by atoms with E-state index in [9.17, 15) is 47.4 Å². The van der Waals surface area contributed by atoms with E-state index in [4.69, 9.17) is 49.6 Å². The Bertz CT molecular complexity index is 7540. The highest BCUT2D eigenvalue weighted by molar-refractivity contribution is 6.15. The number of hydrogen-bond donors (Lipinski definition) is 0. The first kappa shape index (κ1) is 77.7. The van der Waals surface area contributed by atoms with Crippen molar-refractivity contribution in [2.24, 2.45) is 0 Å². The summed E-state index contributed by atoms with van der Waals surface area (Å²) in [4.78, 5) is 43.4. The summed E-state index contributed by atoms with van der Waals surface area (Å²) < 4.78 is 4.21. The van der Waals surface area contributed by atoms with Crippen LogP contribution < -0.4 is 0 Å². The molecule has 0 fully saturated rings. The molecule has 0 aliphatic carbocycles. The monoisotopic (exact) mass is 1630 g/mol. The average Bonchev–Trinajstić information content (AvgIpc) is 1.56. The summed E-state index contributed by atoms with van der Waals surface area (Å²) in [5.74, 6) is 2.07. The quantitative estimate of drug-likeness (QED) is 0.0913. The summed E-state index contributed by atoms with van der Waals surface area (Å²) in [6.07, 6.45) is 0. The Labute approximate surface area is 731 Å². The van der Waals surface area contributed by atoms with E-state index in [-0.39, 0.29) is 89.9 Å². The van der Waals surface area contributed by atoms with Gasteiger partial charge in [-0.25, -0.2) is 44.4 Å². The molecule has 0 aliphatic heterocycles. The highest BCUT2D eigenvalue weighted by atomic mass is 15.1. The molecule has 582 valence electrons. The van der Waals surface area contributed by atoms with E-state index in [1.165, 1.54) is 48.5 Å². The van der Waals surface area contributed by atoms with Crippen molar-refractivity contribution in [1.29, 1.82) is 47.4 Å². The van der Waals surface area contributed by atoms with E-state index in [0.29, 0.717) is 167 Å². The molecule has 15 aromatic carbocycles. The molecule has 19 aromatic rings. The van der Waals surface area contributed by atoms with Crippen LogP contribution in [0.15, 0.2) is 303 Å². The lowest BCUT2D eigenvalue weighted by atomic mass is 9.91. The Morgan fingerprint density at radius 3 is 0.805 bits per heavy atom. The highest BCUT2D eigenvalue weighted by Gasteiger charge is 2.30. The van der Waals surface area contributed by atoms with Crippen LogP contribution in [0.25, 0.3) is 205 Å². The smallest absolute Gasteiger partial charge is 0.197 e. The van der Waals surface area contributed by atoms with E-state index >= 15 is 0 Å². The van der Waals surface area contributed by atoms with Gasteiger partial charge in [0.1, 0.15) is 0 Å². The molecule has 20 nitrogen and oxygen atoms in total. The largest absolute Gasteiger partial charge is 0.309 e. The Morgan fingerprint density at radius 1 is 0.219 bits per heavy atom. The molecule has 19 rings (SSSR count). The number of aromatic nitrogens is 8. The van der Waals surface area contributed by atoms with E-state index < -0.39 is 0 Å². The number of rotatable bonds is 14. The number of nitrogens with zero attached hydrogens (tertiary/aromatic N) is 20. The van der Waals surface area contributed by atoms with Crippen molar-refractivity contribution in [3.63, 3.8) is 0 Å². The standard InChI is InChI=1S/C108H50N20/c1-118-82-48-81(62-117)100(90(53-82)120-3)75-36-40-94-88(52-75)87-51-74(99-80(61-116)45-65(56-111)46-89(99)119-2)35-39-93(87)128(94)96-32-18-30-84(108-125-105(68-23-12-6-13-24-68)122-106(126-108)69-25-14-7-15-26-69)102(96)71-28-16-27-70(47-71)101-83(107-123-103(66-19-8-4-9-20-66)121-104(124-107)67-21-10-5-11-22-67)29-17-31-95(101)127-91-37-33-72(97-76(57-112)41-63(54-109)42-77(97)58-113)49-85(91)86-50-73(34-38-92(86)127)98-78(59-114)43-64(55-110)44-79(98)60-115/h4-53H. The Balaban J connectivity index is 0.944. The summed E-state index contributed by atoms with van der Waals surface area (Å²) in [6.45, 7) is 24.9. The van der Waals surface area contributed by atoms with Gasteiger partial charge in [-0.15, -0.1) is 0 Å². The molecule has 0 radical (unpaired) electrons. The van der Waals surface area contributed by atoms with Crippen LogP contribution in [0.3, 0.4) is 0 Å². The molecule has 0 saturated heterocycles. The molecule has 0 bridgehead atoms. The number of nitriles is 9. The molecule has 128 heavy (non-hydrogen) atoms. The fraction of sp³-hybridized carbons (Fsp3) is 0. The van der Waals surface area contributed by atoms with Crippen LogP contribution in [0.2, 0.25) is 0 Å².